The number of pyridine rings is 1. The van der Waals surface area contributed by atoms with Crippen LogP contribution in [0, 0.1) is 0 Å². The Bertz CT molecular complexity index is 965. The molecule has 0 unspecified atom stereocenters. The third-order valence-electron chi connectivity index (χ3n) is 4.68. The molecule has 1 aliphatic rings. The van der Waals surface area contributed by atoms with Gasteiger partial charge in [-0.3, -0.25) is 9.59 Å². The number of hydrogen-bond donors (Lipinski definition) is 1. The Morgan fingerprint density at radius 3 is 2.52 bits per heavy atom. The maximum atomic E-state index is 12.4. The van der Waals surface area contributed by atoms with Crippen molar-refractivity contribution in [3.8, 4) is 5.82 Å². The van der Waals surface area contributed by atoms with E-state index in [0.29, 0.717) is 23.5 Å². The summed E-state index contributed by atoms with van der Waals surface area (Å²) in [5.41, 5.74) is 2.08. The van der Waals surface area contributed by atoms with Crippen LogP contribution in [0.4, 0.5) is 5.69 Å². The van der Waals surface area contributed by atoms with Crippen LogP contribution in [0.15, 0.2) is 61.1 Å². The number of carbonyl (C=O) groups excluding carboxylic acids is 2. The van der Waals surface area contributed by atoms with Crippen molar-refractivity contribution in [1.29, 1.82) is 0 Å². The molecule has 2 aromatic heterocycles. The van der Waals surface area contributed by atoms with Crippen LogP contribution < -0.4 is 5.32 Å². The molecule has 0 saturated carbocycles. The molecule has 1 saturated heterocycles. The monoisotopic (exact) mass is 407 g/mol. The van der Waals surface area contributed by atoms with Crippen LogP contribution in [0.3, 0.4) is 0 Å². The molecule has 0 bridgehead atoms. The molecule has 0 radical (unpaired) electrons. The molecule has 8 heteroatoms. The highest BCUT2D eigenvalue weighted by Gasteiger charge is 2.17. The Labute approximate surface area is 173 Å². The molecule has 0 aliphatic carbocycles. The van der Waals surface area contributed by atoms with E-state index in [1.165, 1.54) is 6.20 Å². The van der Waals surface area contributed by atoms with E-state index in [2.05, 4.69) is 15.4 Å². The minimum absolute atomic E-state index is 0.158. The van der Waals surface area contributed by atoms with Crippen molar-refractivity contribution in [2.24, 2.45) is 0 Å². The third-order valence-corrected chi connectivity index (χ3v) is 5.62. The average molecular weight is 407 g/mol. The highest BCUT2D eigenvalue weighted by Crippen LogP contribution is 2.15. The molecule has 3 aromatic rings. The summed E-state index contributed by atoms with van der Waals surface area (Å²) >= 11 is 1.89. The molecule has 3 heterocycles. The Hall–Kier alpha value is -3.13. The summed E-state index contributed by atoms with van der Waals surface area (Å²) in [6.45, 7) is 1.65. The smallest absolute Gasteiger partial charge is 0.257 e. The summed E-state index contributed by atoms with van der Waals surface area (Å²) in [6.07, 6.45) is 5.37. The zero-order chi connectivity index (χ0) is 20.1. The second kappa shape index (κ2) is 8.91. The summed E-state index contributed by atoms with van der Waals surface area (Å²) in [5, 5.41) is 6.97. The van der Waals surface area contributed by atoms with Crippen LogP contribution in [-0.4, -0.2) is 56.1 Å². The SMILES string of the molecule is O=C(Nc1ccc(CC(=O)N2CCSCC2)cc1)c1ccc(-n2cccn2)nc1. The van der Waals surface area contributed by atoms with E-state index in [1.807, 2.05) is 47.0 Å². The van der Waals surface area contributed by atoms with Crippen LogP contribution >= 0.6 is 11.8 Å². The molecule has 0 spiro atoms. The number of amides is 2. The van der Waals surface area contributed by atoms with Gasteiger partial charge in [0.1, 0.15) is 0 Å². The molecular weight excluding hydrogens is 386 g/mol. The zero-order valence-electron chi connectivity index (χ0n) is 15.8. The lowest BCUT2D eigenvalue weighted by atomic mass is 10.1. The van der Waals surface area contributed by atoms with Gasteiger partial charge in [-0.05, 0) is 35.9 Å². The van der Waals surface area contributed by atoms with Gasteiger partial charge in [-0.2, -0.15) is 16.9 Å². The predicted octanol–water partition coefficient (Wildman–Crippen LogP) is 2.64. The van der Waals surface area contributed by atoms with Crippen molar-refractivity contribution in [2.45, 2.75) is 6.42 Å². The van der Waals surface area contributed by atoms with E-state index >= 15 is 0 Å². The van der Waals surface area contributed by atoms with Crippen molar-refractivity contribution in [3.05, 3.63) is 72.2 Å². The van der Waals surface area contributed by atoms with Gasteiger partial charge in [0.05, 0.1) is 12.0 Å². The van der Waals surface area contributed by atoms with E-state index in [1.54, 1.807) is 29.2 Å². The fourth-order valence-electron chi connectivity index (χ4n) is 3.07. The van der Waals surface area contributed by atoms with Crippen LogP contribution in [0.5, 0.6) is 0 Å². The second-order valence-corrected chi connectivity index (χ2v) is 7.90. The minimum atomic E-state index is -0.237. The van der Waals surface area contributed by atoms with Gasteiger partial charge in [-0.25, -0.2) is 9.67 Å². The summed E-state index contributed by atoms with van der Waals surface area (Å²) < 4.78 is 1.63. The fourth-order valence-corrected chi connectivity index (χ4v) is 3.97. The zero-order valence-corrected chi connectivity index (χ0v) is 16.6. The van der Waals surface area contributed by atoms with E-state index in [-0.39, 0.29) is 11.8 Å². The second-order valence-electron chi connectivity index (χ2n) is 6.68. The molecule has 1 aliphatic heterocycles. The first-order valence-corrected chi connectivity index (χ1v) is 10.6. The highest BCUT2D eigenvalue weighted by atomic mass is 32.2. The van der Waals surface area contributed by atoms with Crippen LogP contribution in [0.25, 0.3) is 5.82 Å². The standard InChI is InChI=1S/C21H21N5O2S/c27-20(25-10-12-29-13-11-25)14-16-2-5-18(6-3-16)24-21(28)17-4-7-19(22-15-17)26-9-1-8-23-26/h1-9,15H,10-14H2,(H,24,28). The number of nitrogens with one attached hydrogen (secondary N) is 1. The van der Waals surface area contributed by atoms with E-state index in [4.69, 9.17) is 0 Å². The quantitative estimate of drug-likeness (QED) is 0.703. The van der Waals surface area contributed by atoms with Gasteiger partial charge in [0, 0.05) is 48.9 Å². The fraction of sp³-hybridized carbons (Fsp3) is 0.238. The molecule has 1 aromatic carbocycles. The number of anilines is 1. The lowest BCUT2D eigenvalue weighted by molar-refractivity contribution is -0.130. The Kier molecular flexibility index (Phi) is 5.90. The van der Waals surface area contributed by atoms with Gasteiger partial charge in [0.25, 0.3) is 5.91 Å². The minimum Gasteiger partial charge on any atom is -0.341 e. The number of nitrogens with zero attached hydrogens (tertiary/aromatic N) is 4. The molecule has 0 atom stereocenters. The first-order valence-electron chi connectivity index (χ1n) is 9.41. The number of hydrogen-bond acceptors (Lipinski definition) is 5. The topological polar surface area (TPSA) is 80.1 Å². The molecule has 1 fully saturated rings. The maximum Gasteiger partial charge on any atom is 0.257 e. The van der Waals surface area contributed by atoms with Crippen LogP contribution in [0.2, 0.25) is 0 Å². The number of benzene rings is 1. The first-order chi connectivity index (χ1) is 14.2. The average Bonchev–Trinajstić information content (AvgIpc) is 3.31. The van der Waals surface area contributed by atoms with Crippen molar-refractivity contribution in [2.75, 3.05) is 29.9 Å². The Morgan fingerprint density at radius 1 is 1.07 bits per heavy atom. The van der Waals surface area contributed by atoms with Gasteiger partial charge < -0.3 is 10.2 Å². The normalized spacial score (nSPS) is 13.9. The van der Waals surface area contributed by atoms with Crippen molar-refractivity contribution < 1.29 is 9.59 Å². The Morgan fingerprint density at radius 2 is 1.86 bits per heavy atom. The summed E-state index contributed by atoms with van der Waals surface area (Å²) in [6, 6.07) is 12.7. The van der Waals surface area contributed by atoms with Crippen LogP contribution in [0.1, 0.15) is 15.9 Å². The largest absolute Gasteiger partial charge is 0.341 e. The van der Waals surface area contributed by atoms with Crippen molar-refractivity contribution in [1.82, 2.24) is 19.7 Å². The number of rotatable bonds is 5. The van der Waals surface area contributed by atoms with Gasteiger partial charge in [0.15, 0.2) is 5.82 Å². The summed E-state index contributed by atoms with van der Waals surface area (Å²) in [4.78, 5) is 31.0. The molecule has 1 N–H and O–H groups in total. The molecule has 148 valence electrons. The molecule has 7 nitrogen and oxygen atoms in total. The third kappa shape index (κ3) is 4.83. The number of thioether (sulfide) groups is 1. The Balaban J connectivity index is 1.34. The predicted molar refractivity (Wildman–Crippen MR) is 113 cm³/mol. The first kappa shape index (κ1) is 19.2. The summed E-state index contributed by atoms with van der Waals surface area (Å²) in [7, 11) is 0. The van der Waals surface area contributed by atoms with Crippen molar-refractivity contribution >= 4 is 29.3 Å². The lowest BCUT2D eigenvalue weighted by Crippen LogP contribution is -2.38. The summed E-state index contributed by atoms with van der Waals surface area (Å²) in [5.74, 6) is 2.58. The van der Waals surface area contributed by atoms with E-state index in [0.717, 1.165) is 30.2 Å². The number of aromatic nitrogens is 3. The van der Waals surface area contributed by atoms with Gasteiger partial charge in [-0.1, -0.05) is 12.1 Å². The molecule has 2 amide bonds. The highest BCUT2D eigenvalue weighted by molar-refractivity contribution is 7.99. The molecular formula is C21H21N5O2S. The van der Waals surface area contributed by atoms with Gasteiger partial charge in [0.2, 0.25) is 5.91 Å². The molecule has 29 heavy (non-hydrogen) atoms. The maximum absolute atomic E-state index is 12.4. The lowest BCUT2D eigenvalue weighted by Gasteiger charge is -2.26. The molecule has 4 rings (SSSR count). The van der Waals surface area contributed by atoms with Crippen LogP contribution in [-0.2, 0) is 11.2 Å². The van der Waals surface area contributed by atoms with E-state index < -0.39 is 0 Å². The van der Waals surface area contributed by atoms with Crippen molar-refractivity contribution in [3.63, 3.8) is 0 Å². The van der Waals surface area contributed by atoms with Gasteiger partial charge >= 0.3 is 0 Å². The number of carbonyl (C=O) groups is 2. The van der Waals surface area contributed by atoms with Gasteiger partial charge in [-0.15, -0.1) is 0 Å². The van der Waals surface area contributed by atoms with E-state index in [9.17, 15) is 9.59 Å².